The number of hydrogen-bond acceptors (Lipinski definition) is 3. The first kappa shape index (κ1) is 14.5. The van der Waals surface area contributed by atoms with Crippen molar-refractivity contribution in [2.75, 3.05) is 5.75 Å². The van der Waals surface area contributed by atoms with E-state index < -0.39 is 12.0 Å². The maximum Gasteiger partial charge on any atom is 0.326 e. The Labute approximate surface area is 121 Å². The maximum absolute atomic E-state index is 11.5. The minimum Gasteiger partial charge on any atom is -0.480 e. The molecule has 0 aliphatic rings. The molecule has 0 aliphatic heterocycles. The number of thiol groups is 1. The SMILES string of the molecule is O=C(CCS)NC(Cc1c[nH]c2ccccc12)C(=O)O. The molecule has 1 aromatic carbocycles. The van der Waals surface area contributed by atoms with Crippen molar-refractivity contribution in [3.8, 4) is 0 Å². The minimum atomic E-state index is -1.04. The number of carbonyl (C=O) groups excluding carboxylic acids is 1. The summed E-state index contributed by atoms with van der Waals surface area (Å²) in [4.78, 5) is 25.9. The van der Waals surface area contributed by atoms with E-state index in [-0.39, 0.29) is 18.7 Å². The number of fused-ring (bicyclic) bond motifs is 1. The van der Waals surface area contributed by atoms with Crippen LogP contribution >= 0.6 is 12.6 Å². The number of carboxylic acid groups (broad SMARTS) is 1. The van der Waals surface area contributed by atoms with Gasteiger partial charge in [-0.1, -0.05) is 18.2 Å². The van der Waals surface area contributed by atoms with Crippen molar-refractivity contribution < 1.29 is 14.7 Å². The van der Waals surface area contributed by atoms with Gasteiger partial charge in [0.2, 0.25) is 5.91 Å². The Morgan fingerprint density at radius 2 is 2.10 bits per heavy atom. The number of rotatable bonds is 6. The lowest BCUT2D eigenvalue weighted by Crippen LogP contribution is -2.42. The number of hydrogen-bond donors (Lipinski definition) is 4. The zero-order chi connectivity index (χ0) is 14.5. The first-order chi connectivity index (χ1) is 9.61. The van der Waals surface area contributed by atoms with Crippen molar-refractivity contribution in [2.24, 2.45) is 0 Å². The summed E-state index contributed by atoms with van der Waals surface area (Å²) in [6.45, 7) is 0. The molecule has 1 aromatic heterocycles. The molecule has 0 fully saturated rings. The first-order valence-electron chi connectivity index (χ1n) is 6.30. The zero-order valence-electron chi connectivity index (χ0n) is 10.8. The van der Waals surface area contributed by atoms with Crippen molar-refractivity contribution in [1.82, 2.24) is 10.3 Å². The van der Waals surface area contributed by atoms with E-state index in [0.29, 0.717) is 5.75 Å². The molecule has 2 rings (SSSR count). The second kappa shape index (κ2) is 6.47. The molecule has 1 amide bonds. The van der Waals surface area contributed by atoms with Gasteiger partial charge in [-0.25, -0.2) is 4.79 Å². The maximum atomic E-state index is 11.5. The molecule has 0 saturated heterocycles. The number of para-hydroxylation sites is 1. The standard InChI is InChI=1S/C14H16N2O3S/c17-13(5-6-20)16-12(14(18)19)7-9-8-15-11-4-2-1-3-10(9)11/h1-4,8,12,15,20H,5-7H2,(H,16,17)(H,18,19). The molecule has 3 N–H and O–H groups in total. The first-order valence-corrected chi connectivity index (χ1v) is 6.93. The van der Waals surface area contributed by atoms with E-state index >= 15 is 0 Å². The van der Waals surface area contributed by atoms with Crippen molar-refractivity contribution in [2.45, 2.75) is 18.9 Å². The van der Waals surface area contributed by atoms with E-state index in [2.05, 4.69) is 22.9 Å². The summed E-state index contributed by atoms with van der Waals surface area (Å²) in [5, 5.41) is 12.7. The molecule has 20 heavy (non-hydrogen) atoms. The van der Waals surface area contributed by atoms with Crippen LogP contribution in [0.2, 0.25) is 0 Å². The third-order valence-electron chi connectivity index (χ3n) is 3.07. The average Bonchev–Trinajstić information content (AvgIpc) is 2.82. The molecule has 1 heterocycles. The highest BCUT2D eigenvalue weighted by Gasteiger charge is 2.21. The largest absolute Gasteiger partial charge is 0.480 e. The van der Waals surface area contributed by atoms with Gasteiger partial charge in [0.1, 0.15) is 6.04 Å². The van der Waals surface area contributed by atoms with Gasteiger partial charge in [0.15, 0.2) is 0 Å². The predicted octanol–water partition coefficient (Wildman–Crippen LogP) is 1.60. The predicted molar refractivity (Wildman–Crippen MR) is 80.0 cm³/mol. The Bertz CT molecular complexity index is 624. The van der Waals surface area contributed by atoms with Gasteiger partial charge < -0.3 is 15.4 Å². The van der Waals surface area contributed by atoms with Crippen LogP contribution in [0.15, 0.2) is 30.5 Å². The molecule has 0 bridgehead atoms. The van der Waals surface area contributed by atoms with Crippen LogP contribution in [-0.2, 0) is 16.0 Å². The smallest absolute Gasteiger partial charge is 0.326 e. The lowest BCUT2D eigenvalue weighted by molar-refractivity contribution is -0.141. The average molecular weight is 292 g/mol. The summed E-state index contributed by atoms with van der Waals surface area (Å²) in [6.07, 6.45) is 2.24. The summed E-state index contributed by atoms with van der Waals surface area (Å²) in [5.41, 5.74) is 1.83. The van der Waals surface area contributed by atoms with E-state index in [1.807, 2.05) is 24.3 Å². The number of amides is 1. The number of benzene rings is 1. The summed E-state index contributed by atoms with van der Waals surface area (Å²) < 4.78 is 0. The third-order valence-corrected chi connectivity index (χ3v) is 3.29. The molecule has 1 atom stereocenters. The number of carboxylic acids is 1. The van der Waals surface area contributed by atoms with Crippen molar-refractivity contribution in [3.63, 3.8) is 0 Å². The van der Waals surface area contributed by atoms with Crippen molar-refractivity contribution >= 4 is 35.4 Å². The quantitative estimate of drug-likeness (QED) is 0.610. The van der Waals surface area contributed by atoms with Gasteiger partial charge in [-0.05, 0) is 17.4 Å². The zero-order valence-corrected chi connectivity index (χ0v) is 11.7. The molecule has 2 aromatic rings. The highest BCUT2D eigenvalue weighted by atomic mass is 32.1. The van der Waals surface area contributed by atoms with Crippen LogP contribution < -0.4 is 5.32 Å². The van der Waals surface area contributed by atoms with E-state index in [9.17, 15) is 14.7 Å². The van der Waals surface area contributed by atoms with E-state index in [1.54, 1.807) is 6.20 Å². The summed E-state index contributed by atoms with van der Waals surface area (Å²) in [5.74, 6) is -0.944. The van der Waals surface area contributed by atoms with Crippen LogP contribution in [-0.4, -0.2) is 33.8 Å². The lowest BCUT2D eigenvalue weighted by atomic mass is 10.0. The normalized spacial score (nSPS) is 12.2. The Balaban J connectivity index is 2.15. The lowest BCUT2D eigenvalue weighted by Gasteiger charge is -2.13. The van der Waals surface area contributed by atoms with Gasteiger partial charge in [-0.3, -0.25) is 4.79 Å². The Hall–Kier alpha value is -1.95. The Morgan fingerprint density at radius 3 is 2.80 bits per heavy atom. The van der Waals surface area contributed by atoms with Crippen LogP contribution in [0.4, 0.5) is 0 Å². The molecule has 1 unspecified atom stereocenters. The summed E-state index contributed by atoms with van der Waals surface area (Å²) >= 11 is 3.96. The van der Waals surface area contributed by atoms with Gasteiger partial charge >= 0.3 is 5.97 Å². The number of carbonyl (C=O) groups is 2. The second-order valence-electron chi connectivity index (χ2n) is 4.50. The highest BCUT2D eigenvalue weighted by molar-refractivity contribution is 7.80. The van der Waals surface area contributed by atoms with E-state index in [0.717, 1.165) is 16.5 Å². The third kappa shape index (κ3) is 3.33. The number of nitrogens with one attached hydrogen (secondary N) is 2. The molecular formula is C14H16N2O3S. The van der Waals surface area contributed by atoms with Gasteiger partial charge in [0, 0.05) is 29.9 Å². The van der Waals surface area contributed by atoms with Crippen molar-refractivity contribution in [1.29, 1.82) is 0 Å². The molecule has 6 heteroatoms. The van der Waals surface area contributed by atoms with Crippen LogP contribution in [0.5, 0.6) is 0 Å². The summed E-state index contributed by atoms with van der Waals surface area (Å²) in [7, 11) is 0. The van der Waals surface area contributed by atoms with Gasteiger partial charge in [-0.15, -0.1) is 0 Å². The molecule has 0 aliphatic carbocycles. The number of H-pyrrole nitrogens is 1. The van der Waals surface area contributed by atoms with Crippen LogP contribution in [0.1, 0.15) is 12.0 Å². The summed E-state index contributed by atoms with van der Waals surface area (Å²) in [6, 6.07) is 6.73. The topological polar surface area (TPSA) is 82.2 Å². The fraction of sp³-hybridized carbons (Fsp3) is 0.286. The molecule has 106 valence electrons. The second-order valence-corrected chi connectivity index (χ2v) is 4.94. The number of aromatic amines is 1. The fourth-order valence-electron chi connectivity index (χ4n) is 2.09. The molecule has 0 saturated carbocycles. The number of aliphatic carboxylic acids is 1. The molecule has 0 radical (unpaired) electrons. The van der Waals surface area contributed by atoms with Crippen molar-refractivity contribution in [3.05, 3.63) is 36.0 Å². The van der Waals surface area contributed by atoms with Crippen LogP contribution in [0, 0.1) is 0 Å². The Morgan fingerprint density at radius 1 is 1.35 bits per heavy atom. The van der Waals surface area contributed by atoms with Crippen LogP contribution in [0.25, 0.3) is 10.9 Å². The Kier molecular flexibility index (Phi) is 4.68. The molecule has 5 nitrogen and oxygen atoms in total. The highest BCUT2D eigenvalue weighted by Crippen LogP contribution is 2.19. The van der Waals surface area contributed by atoms with Crippen LogP contribution in [0.3, 0.4) is 0 Å². The fourth-order valence-corrected chi connectivity index (χ4v) is 2.29. The minimum absolute atomic E-state index is 0.209. The monoisotopic (exact) mass is 292 g/mol. The molecular weight excluding hydrogens is 276 g/mol. The van der Waals surface area contributed by atoms with E-state index in [4.69, 9.17) is 0 Å². The molecule has 0 spiro atoms. The van der Waals surface area contributed by atoms with Gasteiger partial charge in [0.05, 0.1) is 0 Å². The van der Waals surface area contributed by atoms with E-state index in [1.165, 1.54) is 0 Å². The van der Waals surface area contributed by atoms with Gasteiger partial charge in [-0.2, -0.15) is 12.6 Å². The van der Waals surface area contributed by atoms with Gasteiger partial charge in [0.25, 0.3) is 0 Å². The number of aromatic nitrogens is 1.